The summed E-state index contributed by atoms with van der Waals surface area (Å²) in [6.07, 6.45) is 3.72. The smallest absolute Gasteiger partial charge is 0.282 e. The van der Waals surface area contributed by atoms with E-state index in [1.54, 1.807) is 18.2 Å². The topological polar surface area (TPSA) is 69.5 Å². The van der Waals surface area contributed by atoms with Gasteiger partial charge in [0.15, 0.2) is 6.04 Å². The van der Waals surface area contributed by atoms with E-state index in [1.165, 1.54) is 19.3 Å². The monoisotopic (exact) mass is 300 g/mol. The Morgan fingerprint density at radius 1 is 1.36 bits per heavy atom. The third-order valence-corrected chi connectivity index (χ3v) is 5.02. The summed E-state index contributed by atoms with van der Waals surface area (Å²) in [5.74, 6) is 1.33. The molecule has 118 valence electrons. The minimum absolute atomic E-state index is 0.0341. The minimum atomic E-state index is -0.149. The summed E-state index contributed by atoms with van der Waals surface area (Å²) in [6, 6.07) is 9.59. The van der Waals surface area contributed by atoms with Crippen LogP contribution in [-0.2, 0) is 4.79 Å². The second-order valence-electron chi connectivity index (χ2n) is 6.56. The Bertz CT molecular complexity index is 564. The Morgan fingerprint density at radius 2 is 2.09 bits per heavy atom. The molecule has 0 bridgehead atoms. The number of carbonyl (C=O) groups excluding carboxylic acids is 1. The Labute approximate surface area is 132 Å². The van der Waals surface area contributed by atoms with Crippen LogP contribution in [0, 0.1) is 23.2 Å². The van der Waals surface area contributed by atoms with E-state index in [-0.39, 0.29) is 11.9 Å². The first-order valence-electron chi connectivity index (χ1n) is 8.18. The zero-order valence-electron chi connectivity index (χ0n) is 13.7. The van der Waals surface area contributed by atoms with Gasteiger partial charge in [-0.2, -0.15) is 5.26 Å². The predicted octanol–water partition coefficient (Wildman–Crippen LogP) is 2.27. The maximum absolute atomic E-state index is 12.4. The van der Waals surface area contributed by atoms with Gasteiger partial charge < -0.3 is 10.6 Å². The lowest BCUT2D eigenvalue weighted by Crippen LogP contribution is -2.97. The summed E-state index contributed by atoms with van der Waals surface area (Å²) in [5, 5.41) is 14.2. The molecule has 1 aliphatic rings. The van der Waals surface area contributed by atoms with Crippen molar-refractivity contribution in [3.63, 3.8) is 0 Å². The summed E-state index contributed by atoms with van der Waals surface area (Å²) < 4.78 is 0. The number of quaternary nitrogens is 1. The van der Waals surface area contributed by atoms with Crippen LogP contribution < -0.4 is 10.6 Å². The van der Waals surface area contributed by atoms with Gasteiger partial charge in [-0.25, -0.2) is 0 Å². The van der Waals surface area contributed by atoms with Gasteiger partial charge in [0.25, 0.3) is 5.91 Å². The molecule has 22 heavy (non-hydrogen) atoms. The molecule has 0 heterocycles. The molecule has 0 aliphatic heterocycles. The van der Waals surface area contributed by atoms with Crippen LogP contribution in [0.2, 0.25) is 0 Å². The van der Waals surface area contributed by atoms with Crippen molar-refractivity contribution in [2.24, 2.45) is 11.8 Å². The van der Waals surface area contributed by atoms with Crippen LogP contribution in [0.3, 0.4) is 0 Å². The van der Waals surface area contributed by atoms with Gasteiger partial charge in [-0.3, -0.25) is 4.79 Å². The van der Waals surface area contributed by atoms with Crippen molar-refractivity contribution in [2.75, 3.05) is 5.32 Å². The van der Waals surface area contributed by atoms with Gasteiger partial charge in [-0.15, -0.1) is 0 Å². The summed E-state index contributed by atoms with van der Waals surface area (Å²) in [7, 11) is 0. The van der Waals surface area contributed by atoms with Gasteiger partial charge in [0, 0.05) is 5.92 Å². The van der Waals surface area contributed by atoms with Gasteiger partial charge in [0.1, 0.15) is 6.07 Å². The molecule has 0 unspecified atom stereocenters. The Hall–Kier alpha value is -1.86. The van der Waals surface area contributed by atoms with Crippen molar-refractivity contribution < 1.29 is 10.1 Å². The molecular weight excluding hydrogens is 274 g/mol. The van der Waals surface area contributed by atoms with Gasteiger partial charge >= 0.3 is 0 Å². The number of nitrogens with two attached hydrogens (primary N) is 1. The number of nitrogens with one attached hydrogen (secondary N) is 1. The molecule has 1 amide bonds. The fraction of sp³-hybridized carbons (Fsp3) is 0.556. The van der Waals surface area contributed by atoms with E-state index in [0.717, 1.165) is 5.92 Å². The summed E-state index contributed by atoms with van der Waals surface area (Å²) in [4.78, 5) is 12.4. The van der Waals surface area contributed by atoms with Gasteiger partial charge in [-0.1, -0.05) is 26.0 Å². The molecule has 1 aromatic rings. The van der Waals surface area contributed by atoms with Crippen LogP contribution in [0.15, 0.2) is 24.3 Å². The van der Waals surface area contributed by atoms with Crippen molar-refractivity contribution in [1.82, 2.24) is 0 Å². The molecule has 4 nitrogen and oxygen atoms in total. The quantitative estimate of drug-likeness (QED) is 0.895. The lowest BCUT2D eigenvalue weighted by atomic mass is 9.78. The molecule has 4 atom stereocenters. The average Bonchev–Trinajstić information content (AvgIpc) is 2.52. The van der Waals surface area contributed by atoms with Crippen molar-refractivity contribution in [3.05, 3.63) is 29.8 Å². The maximum atomic E-state index is 12.4. The number of hydrogen-bond acceptors (Lipinski definition) is 2. The van der Waals surface area contributed by atoms with Crippen molar-refractivity contribution >= 4 is 11.6 Å². The highest BCUT2D eigenvalue weighted by atomic mass is 16.2. The van der Waals surface area contributed by atoms with E-state index < -0.39 is 0 Å². The molecule has 1 fully saturated rings. The molecule has 2 rings (SSSR count). The van der Waals surface area contributed by atoms with Crippen LogP contribution >= 0.6 is 0 Å². The summed E-state index contributed by atoms with van der Waals surface area (Å²) >= 11 is 0. The molecule has 3 N–H and O–H groups in total. The number of nitriles is 1. The first-order chi connectivity index (χ1) is 10.5. The van der Waals surface area contributed by atoms with E-state index in [9.17, 15) is 4.79 Å². The summed E-state index contributed by atoms with van der Waals surface area (Å²) in [5.41, 5.74) is 1.10. The van der Waals surface area contributed by atoms with Crippen LogP contribution in [0.5, 0.6) is 0 Å². The molecule has 0 saturated heterocycles. The Balaban J connectivity index is 1.96. The number of nitrogens with zero attached hydrogens (tertiary/aromatic N) is 1. The molecule has 0 spiro atoms. The highest BCUT2D eigenvalue weighted by Gasteiger charge is 2.32. The zero-order chi connectivity index (χ0) is 16.1. The SMILES string of the molecule is C[C@@H]1[C@H](C)CCC[C@@H]1[NH2+][C@@H](C)C(=O)Nc1ccccc1C#N. The first-order valence-corrected chi connectivity index (χ1v) is 8.18. The van der Waals surface area contributed by atoms with E-state index >= 15 is 0 Å². The zero-order valence-corrected chi connectivity index (χ0v) is 13.7. The molecule has 1 aliphatic carbocycles. The number of hydrogen-bond donors (Lipinski definition) is 2. The largest absolute Gasteiger partial charge is 0.334 e. The maximum Gasteiger partial charge on any atom is 0.282 e. The van der Waals surface area contributed by atoms with Crippen LogP contribution in [0.4, 0.5) is 5.69 Å². The van der Waals surface area contributed by atoms with Crippen LogP contribution in [0.25, 0.3) is 0 Å². The van der Waals surface area contributed by atoms with E-state index in [1.807, 2.05) is 13.0 Å². The number of carbonyl (C=O) groups is 1. The third-order valence-electron chi connectivity index (χ3n) is 5.02. The molecule has 0 radical (unpaired) electrons. The molecule has 4 heteroatoms. The second kappa shape index (κ2) is 7.42. The lowest BCUT2D eigenvalue weighted by Gasteiger charge is -2.33. The number of anilines is 1. The lowest BCUT2D eigenvalue weighted by molar-refractivity contribution is -0.715. The fourth-order valence-corrected chi connectivity index (χ4v) is 3.29. The van der Waals surface area contributed by atoms with Gasteiger partial charge in [0.2, 0.25) is 0 Å². The second-order valence-corrected chi connectivity index (χ2v) is 6.56. The summed E-state index contributed by atoms with van der Waals surface area (Å²) in [6.45, 7) is 6.54. The average molecular weight is 300 g/mol. The highest BCUT2D eigenvalue weighted by Crippen LogP contribution is 2.27. The Kier molecular flexibility index (Phi) is 5.57. The minimum Gasteiger partial charge on any atom is -0.334 e. The number of benzene rings is 1. The normalized spacial score (nSPS) is 26.0. The van der Waals surface area contributed by atoms with Crippen molar-refractivity contribution in [2.45, 2.75) is 52.1 Å². The van der Waals surface area contributed by atoms with E-state index in [2.05, 4.69) is 30.6 Å². The number of rotatable bonds is 4. The fourth-order valence-electron chi connectivity index (χ4n) is 3.29. The van der Waals surface area contributed by atoms with Gasteiger partial charge in [-0.05, 0) is 44.2 Å². The number of para-hydroxylation sites is 1. The van der Waals surface area contributed by atoms with Crippen molar-refractivity contribution in [3.8, 4) is 6.07 Å². The standard InChI is InChI=1S/C18H25N3O/c1-12-7-6-10-16(13(12)2)20-14(3)18(22)21-17-9-5-4-8-15(17)11-19/h4-5,8-9,12-14,16,20H,6-7,10H2,1-3H3,(H,21,22)/p+1/t12-,13-,14+,16+/m1/s1. The molecule has 1 aromatic carbocycles. The van der Waals surface area contributed by atoms with Crippen molar-refractivity contribution in [1.29, 1.82) is 5.26 Å². The third kappa shape index (κ3) is 3.86. The van der Waals surface area contributed by atoms with Crippen LogP contribution in [-0.4, -0.2) is 18.0 Å². The molecule has 1 saturated carbocycles. The highest BCUT2D eigenvalue weighted by molar-refractivity contribution is 5.94. The van der Waals surface area contributed by atoms with E-state index in [4.69, 9.17) is 5.26 Å². The first kappa shape index (κ1) is 16.5. The molecule has 0 aromatic heterocycles. The molecular formula is C18H26N3O+. The predicted molar refractivity (Wildman–Crippen MR) is 87.1 cm³/mol. The van der Waals surface area contributed by atoms with Gasteiger partial charge in [0.05, 0.1) is 17.3 Å². The number of amides is 1. The Morgan fingerprint density at radius 3 is 2.82 bits per heavy atom. The van der Waals surface area contributed by atoms with E-state index in [0.29, 0.717) is 23.2 Å². The van der Waals surface area contributed by atoms with Crippen LogP contribution in [0.1, 0.15) is 45.6 Å².